The molecule has 1 fully saturated rings. The van der Waals surface area contributed by atoms with E-state index in [-0.39, 0.29) is 5.91 Å². The van der Waals surface area contributed by atoms with Gasteiger partial charge in [0.2, 0.25) is 5.91 Å². The number of methoxy groups -OCH3 is 1. The molecule has 29 heavy (non-hydrogen) atoms. The third kappa shape index (κ3) is 5.57. The lowest BCUT2D eigenvalue weighted by Crippen LogP contribution is -2.48. The first kappa shape index (κ1) is 21.8. The summed E-state index contributed by atoms with van der Waals surface area (Å²) in [6.45, 7) is 8.45. The highest BCUT2D eigenvalue weighted by atomic mass is 35.5. The molecular weight excluding hydrogens is 410 g/mol. The molecule has 1 aliphatic rings. The summed E-state index contributed by atoms with van der Waals surface area (Å²) in [5, 5.41) is 4.22. The molecule has 1 N–H and O–H groups in total. The molecule has 8 heteroatoms. The van der Waals surface area contributed by atoms with E-state index in [1.165, 1.54) is 24.0 Å². The summed E-state index contributed by atoms with van der Waals surface area (Å²) in [5.74, 6) is -0.527. The van der Waals surface area contributed by atoms with Gasteiger partial charge in [-0.1, -0.05) is 23.7 Å². The SMILES string of the molecule is COC(=O)c1c(NC(=O)CN2CCN(Cc3ccc(Cl)cc3)CC2)sc(C)c1C. The van der Waals surface area contributed by atoms with E-state index in [4.69, 9.17) is 16.3 Å². The molecular formula is C21H26ClN3O3S. The van der Waals surface area contributed by atoms with Crippen molar-refractivity contribution in [1.29, 1.82) is 0 Å². The van der Waals surface area contributed by atoms with Crippen LogP contribution in [-0.2, 0) is 16.1 Å². The second kappa shape index (κ2) is 9.71. The van der Waals surface area contributed by atoms with E-state index in [1.807, 2.05) is 38.1 Å². The van der Waals surface area contributed by atoms with Crippen molar-refractivity contribution in [3.8, 4) is 0 Å². The summed E-state index contributed by atoms with van der Waals surface area (Å²) < 4.78 is 4.86. The Morgan fingerprint density at radius 1 is 1.10 bits per heavy atom. The molecule has 2 aromatic rings. The van der Waals surface area contributed by atoms with Crippen molar-refractivity contribution in [2.75, 3.05) is 45.2 Å². The maximum Gasteiger partial charge on any atom is 0.341 e. The molecule has 0 saturated carbocycles. The Morgan fingerprint density at radius 3 is 2.34 bits per heavy atom. The van der Waals surface area contributed by atoms with Gasteiger partial charge in [-0.2, -0.15) is 0 Å². The number of benzene rings is 1. The van der Waals surface area contributed by atoms with Crippen LogP contribution in [0.4, 0.5) is 5.00 Å². The molecule has 2 heterocycles. The molecule has 6 nitrogen and oxygen atoms in total. The maximum atomic E-state index is 12.5. The molecule has 0 spiro atoms. The quantitative estimate of drug-likeness (QED) is 0.703. The van der Waals surface area contributed by atoms with Gasteiger partial charge in [0.25, 0.3) is 0 Å². The van der Waals surface area contributed by atoms with Crippen LogP contribution in [0.5, 0.6) is 0 Å². The van der Waals surface area contributed by atoms with Crippen LogP contribution >= 0.6 is 22.9 Å². The number of amides is 1. The number of halogens is 1. The Morgan fingerprint density at radius 2 is 1.72 bits per heavy atom. The predicted octanol–water partition coefficient (Wildman–Crippen LogP) is 3.56. The highest BCUT2D eigenvalue weighted by Crippen LogP contribution is 2.32. The van der Waals surface area contributed by atoms with E-state index in [1.54, 1.807) is 0 Å². The van der Waals surface area contributed by atoms with Crippen molar-refractivity contribution in [3.63, 3.8) is 0 Å². The van der Waals surface area contributed by atoms with Gasteiger partial charge in [0.1, 0.15) is 5.00 Å². The Labute approximate surface area is 180 Å². The molecule has 0 unspecified atom stereocenters. The smallest absolute Gasteiger partial charge is 0.341 e. The van der Waals surface area contributed by atoms with Crippen molar-refractivity contribution in [2.45, 2.75) is 20.4 Å². The van der Waals surface area contributed by atoms with Gasteiger partial charge < -0.3 is 10.1 Å². The van der Waals surface area contributed by atoms with Crippen molar-refractivity contribution in [3.05, 3.63) is 50.9 Å². The van der Waals surface area contributed by atoms with Crippen LogP contribution < -0.4 is 5.32 Å². The van der Waals surface area contributed by atoms with Gasteiger partial charge in [-0.05, 0) is 37.1 Å². The summed E-state index contributed by atoms with van der Waals surface area (Å²) >= 11 is 7.35. The van der Waals surface area contributed by atoms with Crippen molar-refractivity contribution >= 4 is 39.8 Å². The van der Waals surface area contributed by atoms with Crippen LogP contribution in [0.2, 0.25) is 5.02 Å². The number of anilines is 1. The molecule has 1 amide bonds. The predicted molar refractivity (Wildman–Crippen MR) is 117 cm³/mol. The monoisotopic (exact) mass is 435 g/mol. The lowest BCUT2D eigenvalue weighted by molar-refractivity contribution is -0.117. The molecule has 1 aromatic heterocycles. The fraction of sp³-hybridized carbons (Fsp3) is 0.429. The summed E-state index contributed by atoms with van der Waals surface area (Å²) in [6.07, 6.45) is 0. The topological polar surface area (TPSA) is 61.9 Å². The van der Waals surface area contributed by atoms with Gasteiger partial charge in [0.05, 0.1) is 19.2 Å². The van der Waals surface area contributed by atoms with E-state index in [9.17, 15) is 9.59 Å². The van der Waals surface area contributed by atoms with Crippen LogP contribution in [0.3, 0.4) is 0 Å². The van der Waals surface area contributed by atoms with Crippen LogP contribution in [-0.4, -0.2) is 61.5 Å². The first-order valence-electron chi connectivity index (χ1n) is 9.54. The Balaban J connectivity index is 1.51. The Hall–Kier alpha value is -1.93. The first-order chi connectivity index (χ1) is 13.9. The molecule has 3 rings (SSSR count). The highest BCUT2D eigenvalue weighted by molar-refractivity contribution is 7.16. The Kier molecular flexibility index (Phi) is 7.29. The third-order valence-electron chi connectivity index (χ3n) is 5.18. The zero-order valence-electron chi connectivity index (χ0n) is 17.0. The van der Waals surface area contributed by atoms with Gasteiger partial charge in [-0.3, -0.25) is 14.6 Å². The van der Waals surface area contributed by atoms with E-state index < -0.39 is 5.97 Å². The highest BCUT2D eigenvalue weighted by Gasteiger charge is 2.23. The first-order valence-corrected chi connectivity index (χ1v) is 10.7. The molecule has 0 radical (unpaired) electrons. The van der Waals surface area contributed by atoms with E-state index in [0.717, 1.165) is 48.2 Å². The number of hydrogen-bond donors (Lipinski definition) is 1. The largest absolute Gasteiger partial charge is 0.465 e. The van der Waals surface area contributed by atoms with Crippen molar-refractivity contribution in [1.82, 2.24) is 9.80 Å². The third-order valence-corrected chi connectivity index (χ3v) is 6.55. The minimum Gasteiger partial charge on any atom is -0.465 e. The van der Waals surface area contributed by atoms with E-state index in [0.29, 0.717) is 17.1 Å². The number of ether oxygens (including phenoxy) is 1. The minimum atomic E-state index is -0.419. The summed E-state index contributed by atoms with van der Waals surface area (Å²) in [4.78, 5) is 30.1. The summed E-state index contributed by atoms with van der Waals surface area (Å²) in [7, 11) is 1.35. The average Bonchev–Trinajstić information content (AvgIpc) is 2.97. The van der Waals surface area contributed by atoms with Crippen LogP contribution in [0.25, 0.3) is 0 Å². The van der Waals surface area contributed by atoms with Gasteiger partial charge in [0.15, 0.2) is 0 Å². The number of aryl methyl sites for hydroxylation is 1. The van der Waals surface area contributed by atoms with E-state index >= 15 is 0 Å². The maximum absolute atomic E-state index is 12.5. The summed E-state index contributed by atoms with van der Waals surface area (Å²) in [5.41, 5.74) is 2.54. The number of thiophene rings is 1. The number of nitrogens with one attached hydrogen (secondary N) is 1. The second-order valence-electron chi connectivity index (χ2n) is 7.21. The van der Waals surface area contributed by atoms with Crippen LogP contribution in [0.15, 0.2) is 24.3 Å². The standard InChI is InChI=1S/C21H26ClN3O3S/c1-14-15(2)29-20(19(14)21(27)28-3)23-18(26)13-25-10-8-24(9-11-25)12-16-4-6-17(22)7-5-16/h4-7H,8-13H2,1-3H3,(H,23,26). The number of nitrogens with zero attached hydrogens (tertiary/aromatic N) is 2. The van der Waals surface area contributed by atoms with Crippen molar-refractivity contribution < 1.29 is 14.3 Å². The van der Waals surface area contributed by atoms with Crippen molar-refractivity contribution in [2.24, 2.45) is 0 Å². The number of carbonyl (C=O) groups is 2. The lowest BCUT2D eigenvalue weighted by atomic mass is 10.1. The number of hydrogen-bond acceptors (Lipinski definition) is 6. The zero-order valence-corrected chi connectivity index (χ0v) is 18.5. The summed E-state index contributed by atoms with van der Waals surface area (Å²) in [6, 6.07) is 7.92. The molecule has 1 aliphatic heterocycles. The second-order valence-corrected chi connectivity index (χ2v) is 8.87. The van der Waals surface area contributed by atoms with Gasteiger partial charge in [-0.15, -0.1) is 11.3 Å². The molecule has 0 aliphatic carbocycles. The fourth-order valence-corrected chi connectivity index (χ4v) is 4.58. The number of rotatable bonds is 6. The number of piperazine rings is 1. The molecule has 0 atom stereocenters. The zero-order chi connectivity index (χ0) is 21.0. The van der Waals surface area contributed by atoms with Gasteiger partial charge >= 0.3 is 5.97 Å². The number of carbonyl (C=O) groups excluding carboxylic acids is 2. The van der Waals surface area contributed by atoms with Crippen LogP contribution in [0.1, 0.15) is 26.4 Å². The minimum absolute atomic E-state index is 0.109. The van der Waals surface area contributed by atoms with E-state index in [2.05, 4.69) is 15.1 Å². The van der Waals surface area contributed by atoms with Crippen LogP contribution in [0, 0.1) is 13.8 Å². The lowest BCUT2D eigenvalue weighted by Gasteiger charge is -2.34. The average molecular weight is 436 g/mol. The van der Waals surface area contributed by atoms with Gasteiger partial charge in [0, 0.05) is 42.6 Å². The molecule has 156 valence electrons. The molecule has 0 bridgehead atoms. The Bertz CT molecular complexity index is 874. The normalized spacial score (nSPS) is 15.3. The molecule has 1 saturated heterocycles. The number of esters is 1. The fourth-order valence-electron chi connectivity index (χ4n) is 3.39. The van der Waals surface area contributed by atoms with Gasteiger partial charge in [-0.25, -0.2) is 4.79 Å². The molecule has 1 aromatic carbocycles.